The molecule has 0 aliphatic rings. The van der Waals surface area contributed by atoms with Crippen LogP contribution >= 0.6 is 0 Å². The van der Waals surface area contributed by atoms with Crippen molar-refractivity contribution in [1.29, 1.82) is 0 Å². The van der Waals surface area contributed by atoms with E-state index in [1.807, 2.05) is 6.92 Å². The first kappa shape index (κ1) is 14.4. The van der Waals surface area contributed by atoms with Crippen molar-refractivity contribution in [3.63, 3.8) is 0 Å². The van der Waals surface area contributed by atoms with Crippen LogP contribution in [-0.2, 0) is 19.1 Å². The summed E-state index contributed by atoms with van der Waals surface area (Å²) in [5.41, 5.74) is 1.19. The number of rotatable bonds is 4. The van der Waals surface area contributed by atoms with Crippen LogP contribution in [0.25, 0.3) is 0 Å². The minimum absolute atomic E-state index is 0.142. The zero-order valence-electron chi connectivity index (χ0n) is 11.0. The summed E-state index contributed by atoms with van der Waals surface area (Å²) in [6.45, 7) is 1.99. The van der Waals surface area contributed by atoms with Gasteiger partial charge in [0.15, 0.2) is 0 Å². The fraction of sp³-hybridized carbons (Fsp3) is 0.267. The predicted molar refractivity (Wildman–Crippen MR) is 72.4 cm³/mol. The zero-order chi connectivity index (χ0) is 14.6. The van der Waals surface area contributed by atoms with Crippen molar-refractivity contribution in [2.45, 2.75) is 26.1 Å². The molecule has 0 aliphatic carbocycles. The SMILES string of the molecule is CCc1cccc(C(F)(F)F)c1CNc1ccncc1. The van der Waals surface area contributed by atoms with Gasteiger partial charge in [0.05, 0.1) is 5.56 Å². The fourth-order valence-corrected chi connectivity index (χ4v) is 2.10. The molecule has 2 aromatic rings. The second kappa shape index (κ2) is 5.94. The Bertz CT molecular complexity index is 565. The molecule has 1 N–H and O–H groups in total. The van der Waals surface area contributed by atoms with E-state index in [4.69, 9.17) is 0 Å². The lowest BCUT2D eigenvalue weighted by atomic mass is 9.98. The normalized spacial score (nSPS) is 11.4. The number of aromatic nitrogens is 1. The van der Waals surface area contributed by atoms with Crippen LogP contribution in [0.3, 0.4) is 0 Å². The summed E-state index contributed by atoms with van der Waals surface area (Å²) in [7, 11) is 0. The van der Waals surface area contributed by atoms with Crippen molar-refractivity contribution in [2.75, 3.05) is 5.32 Å². The molecule has 0 amide bonds. The number of hydrogen-bond donors (Lipinski definition) is 1. The molecular formula is C15H15F3N2. The molecule has 5 heteroatoms. The predicted octanol–water partition coefficient (Wildman–Crippen LogP) is 4.27. The molecule has 2 nitrogen and oxygen atoms in total. The van der Waals surface area contributed by atoms with E-state index in [1.54, 1.807) is 30.6 Å². The fourth-order valence-electron chi connectivity index (χ4n) is 2.10. The first-order valence-electron chi connectivity index (χ1n) is 6.34. The Labute approximate surface area is 115 Å². The highest BCUT2D eigenvalue weighted by Gasteiger charge is 2.33. The summed E-state index contributed by atoms with van der Waals surface area (Å²) in [4.78, 5) is 3.87. The number of benzene rings is 1. The van der Waals surface area contributed by atoms with Gasteiger partial charge >= 0.3 is 6.18 Å². The van der Waals surface area contributed by atoms with Gasteiger partial charge in [0.1, 0.15) is 0 Å². The van der Waals surface area contributed by atoms with Crippen LogP contribution in [0.2, 0.25) is 0 Å². The minimum Gasteiger partial charge on any atom is -0.381 e. The van der Waals surface area contributed by atoms with Gasteiger partial charge in [0.2, 0.25) is 0 Å². The molecule has 0 aliphatic heterocycles. The highest BCUT2D eigenvalue weighted by Crippen LogP contribution is 2.33. The Morgan fingerprint density at radius 2 is 1.80 bits per heavy atom. The maximum absolute atomic E-state index is 13.1. The van der Waals surface area contributed by atoms with Crippen LogP contribution in [0.4, 0.5) is 18.9 Å². The van der Waals surface area contributed by atoms with Crippen molar-refractivity contribution >= 4 is 5.69 Å². The van der Waals surface area contributed by atoms with E-state index in [0.29, 0.717) is 17.5 Å². The molecule has 0 bridgehead atoms. The largest absolute Gasteiger partial charge is 0.416 e. The lowest BCUT2D eigenvalue weighted by molar-refractivity contribution is -0.138. The molecule has 1 aromatic carbocycles. The van der Waals surface area contributed by atoms with Crippen LogP contribution in [0.5, 0.6) is 0 Å². The van der Waals surface area contributed by atoms with Crippen molar-refractivity contribution in [1.82, 2.24) is 4.98 Å². The third-order valence-electron chi connectivity index (χ3n) is 3.11. The second-order valence-corrected chi connectivity index (χ2v) is 4.38. The number of pyridine rings is 1. The lowest BCUT2D eigenvalue weighted by Gasteiger charge is -2.17. The number of halogens is 3. The highest BCUT2D eigenvalue weighted by molar-refractivity contribution is 5.45. The number of anilines is 1. The molecule has 0 radical (unpaired) electrons. The summed E-state index contributed by atoms with van der Waals surface area (Å²) >= 11 is 0. The monoisotopic (exact) mass is 280 g/mol. The van der Waals surface area contributed by atoms with E-state index in [9.17, 15) is 13.2 Å². The molecule has 0 fully saturated rings. The molecule has 0 atom stereocenters. The maximum Gasteiger partial charge on any atom is 0.416 e. The van der Waals surface area contributed by atoms with Gasteiger partial charge in [0.25, 0.3) is 0 Å². The summed E-state index contributed by atoms with van der Waals surface area (Å²) in [6.07, 6.45) is -0.574. The molecule has 106 valence electrons. The lowest BCUT2D eigenvalue weighted by Crippen LogP contribution is -2.14. The van der Waals surface area contributed by atoms with Gasteiger partial charge in [-0.1, -0.05) is 19.1 Å². The van der Waals surface area contributed by atoms with E-state index in [1.165, 1.54) is 6.07 Å². The number of nitrogens with one attached hydrogen (secondary N) is 1. The van der Waals surface area contributed by atoms with Gasteiger partial charge in [-0.05, 0) is 35.7 Å². The summed E-state index contributed by atoms with van der Waals surface area (Å²) in [6, 6.07) is 7.77. The van der Waals surface area contributed by atoms with Crippen molar-refractivity contribution in [2.24, 2.45) is 0 Å². The second-order valence-electron chi connectivity index (χ2n) is 4.38. The average molecular weight is 280 g/mol. The molecule has 2 rings (SSSR count). The van der Waals surface area contributed by atoms with Gasteiger partial charge in [-0.2, -0.15) is 13.2 Å². The Hall–Kier alpha value is -2.04. The number of aryl methyl sites for hydroxylation is 1. The molecule has 0 saturated heterocycles. The zero-order valence-corrected chi connectivity index (χ0v) is 11.0. The maximum atomic E-state index is 13.1. The van der Waals surface area contributed by atoms with E-state index in [2.05, 4.69) is 10.3 Å². The van der Waals surface area contributed by atoms with Gasteiger partial charge in [-0.3, -0.25) is 4.98 Å². The van der Waals surface area contributed by atoms with Crippen LogP contribution in [0, 0.1) is 0 Å². The smallest absolute Gasteiger partial charge is 0.381 e. The van der Waals surface area contributed by atoms with E-state index in [0.717, 1.165) is 11.8 Å². The van der Waals surface area contributed by atoms with Gasteiger partial charge < -0.3 is 5.32 Å². The molecule has 0 saturated carbocycles. The molecule has 0 unspecified atom stereocenters. The standard InChI is InChI=1S/C15H15F3N2/c1-2-11-4-3-5-14(15(16,17)18)13(11)10-20-12-6-8-19-9-7-12/h3-9H,2,10H2,1H3,(H,19,20). The number of nitrogens with zero attached hydrogens (tertiary/aromatic N) is 1. The Morgan fingerprint density at radius 3 is 2.40 bits per heavy atom. The topological polar surface area (TPSA) is 24.9 Å². The first-order chi connectivity index (χ1) is 9.52. The van der Waals surface area contributed by atoms with E-state index >= 15 is 0 Å². The van der Waals surface area contributed by atoms with Crippen LogP contribution in [0.15, 0.2) is 42.7 Å². The van der Waals surface area contributed by atoms with Gasteiger partial charge in [-0.25, -0.2) is 0 Å². The molecular weight excluding hydrogens is 265 g/mol. The molecule has 1 heterocycles. The number of hydrogen-bond acceptors (Lipinski definition) is 2. The molecule has 0 spiro atoms. The number of alkyl halides is 3. The Morgan fingerprint density at radius 1 is 1.10 bits per heavy atom. The quantitative estimate of drug-likeness (QED) is 0.904. The Kier molecular flexibility index (Phi) is 4.27. The molecule has 20 heavy (non-hydrogen) atoms. The van der Waals surface area contributed by atoms with Crippen LogP contribution in [-0.4, -0.2) is 4.98 Å². The highest BCUT2D eigenvalue weighted by atomic mass is 19.4. The first-order valence-corrected chi connectivity index (χ1v) is 6.34. The molecule has 1 aromatic heterocycles. The minimum atomic E-state index is -4.33. The average Bonchev–Trinajstić information content (AvgIpc) is 2.44. The third-order valence-corrected chi connectivity index (χ3v) is 3.11. The van der Waals surface area contributed by atoms with Gasteiger partial charge in [0, 0.05) is 24.6 Å². The summed E-state index contributed by atoms with van der Waals surface area (Å²) in [5, 5.41) is 3.01. The van der Waals surface area contributed by atoms with Crippen molar-refractivity contribution in [3.8, 4) is 0 Å². The van der Waals surface area contributed by atoms with Crippen molar-refractivity contribution < 1.29 is 13.2 Å². The summed E-state index contributed by atoms with van der Waals surface area (Å²) in [5.74, 6) is 0. The Balaban J connectivity index is 2.29. The van der Waals surface area contributed by atoms with E-state index in [-0.39, 0.29) is 6.54 Å². The van der Waals surface area contributed by atoms with Gasteiger partial charge in [-0.15, -0.1) is 0 Å². The third kappa shape index (κ3) is 3.29. The summed E-state index contributed by atoms with van der Waals surface area (Å²) < 4.78 is 39.2. The van der Waals surface area contributed by atoms with Crippen molar-refractivity contribution in [3.05, 3.63) is 59.4 Å². The van der Waals surface area contributed by atoms with Crippen LogP contribution < -0.4 is 5.32 Å². The van der Waals surface area contributed by atoms with E-state index < -0.39 is 11.7 Å². The van der Waals surface area contributed by atoms with Crippen LogP contribution in [0.1, 0.15) is 23.6 Å².